The predicted molar refractivity (Wildman–Crippen MR) is 86.8 cm³/mol. The first kappa shape index (κ1) is 15.5. The van der Waals surface area contributed by atoms with E-state index in [1.54, 1.807) is 24.3 Å². The number of nitrogen functional groups attached to an aromatic ring is 1. The summed E-state index contributed by atoms with van der Waals surface area (Å²) in [5.41, 5.74) is 8.03. The van der Waals surface area contributed by atoms with Gasteiger partial charge in [0.2, 0.25) is 0 Å². The summed E-state index contributed by atoms with van der Waals surface area (Å²) in [5, 5.41) is 10.2. The van der Waals surface area contributed by atoms with E-state index >= 15 is 0 Å². The molecule has 0 unspecified atom stereocenters. The smallest absolute Gasteiger partial charge is 0.137 e. The summed E-state index contributed by atoms with van der Waals surface area (Å²) in [6.07, 6.45) is -0.00773. The SMILES string of the molecule is CC(C)Oc1ccc(-c2c(Cl)cc(N)cc2Cl)cc1C#N. The van der Waals surface area contributed by atoms with E-state index in [2.05, 4.69) is 6.07 Å². The quantitative estimate of drug-likeness (QED) is 0.818. The minimum Gasteiger partial charge on any atom is -0.490 e. The highest BCUT2D eigenvalue weighted by Gasteiger charge is 2.13. The minimum absolute atomic E-state index is 0.00773. The molecule has 2 aromatic rings. The maximum absolute atomic E-state index is 9.27. The second-order valence-electron chi connectivity index (χ2n) is 4.85. The Labute approximate surface area is 133 Å². The number of ether oxygens (including phenoxy) is 1. The largest absolute Gasteiger partial charge is 0.490 e. The number of nitriles is 1. The van der Waals surface area contributed by atoms with Gasteiger partial charge >= 0.3 is 0 Å². The van der Waals surface area contributed by atoms with Crippen molar-refractivity contribution in [3.63, 3.8) is 0 Å². The molecule has 2 aromatic carbocycles. The van der Waals surface area contributed by atoms with E-state index in [9.17, 15) is 5.26 Å². The van der Waals surface area contributed by atoms with Crippen LogP contribution in [0.4, 0.5) is 5.69 Å². The molecule has 0 atom stereocenters. The molecule has 0 amide bonds. The monoisotopic (exact) mass is 320 g/mol. The van der Waals surface area contributed by atoms with E-state index in [1.165, 1.54) is 0 Å². The number of anilines is 1. The van der Waals surface area contributed by atoms with Crippen LogP contribution in [0.5, 0.6) is 5.75 Å². The maximum atomic E-state index is 9.27. The summed E-state index contributed by atoms with van der Waals surface area (Å²) >= 11 is 12.4. The third-order valence-corrected chi connectivity index (χ3v) is 3.41. The predicted octanol–water partition coefficient (Wildman–Crippen LogP) is 4.90. The van der Waals surface area contributed by atoms with Gasteiger partial charge in [0.25, 0.3) is 0 Å². The Morgan fingerprint density at radius 2 is 1.76 bits per heavy atom. The minimum atomic E-state index is -0.00773. The van der Waals surface area contributed by atoms with Gasteiger partial charge in [-0.3, -0.25) is 0 Å². The van der Waals surface area contributed by atoms with Gasteiger partial charge in [-0.25, -0.2) is 0 Å². The Kier molecular flexibility index (Phi) is 4.62. The van der Waals surface area contributed by atoms with Gasteiger partial charge in [0.15, 0.2) is 0 Å². The molecule has 0 fully saturated rings. The van der Waals surface area contributed by atoms with Crippen LogP contribution in [-0.4, -0.2) is 6.10 Å². The van der Waals surface area contributed by atoms with Crippen molar-refractivity contribution in [2.24, 2.45) is 0 Å². The molecule has 2 rings (SSSR count). The van der Waals surface area contributed by atoms with Crippen molar-refractivity contribution in [1.29, 1.82) is 5.26 Å². The molecular formula is C16H14Cl2N2O. The zero-order chi connectivity index (χ0) is 15.6. The molecule has 0 radical (unpaired) electrons. The van der Waals surface area contributed by atoms with Crippen LogP contribution in [0.15, 0.2) is 30.3 Å². The van der Waals surface area contributed by atoms with Gasteiger partial charge in [-0.1, -0.05) is 29.3 Å². The first-order valence-electron chi connectivity index (χ1n) is 6.38. The molecule has 2 N–H and O–H groups in total. The van der Waals surface area contributed by atoms with Gasteiger partial charge in [-0.05, 0) is 43.7 Å². The Hall–Kier alpha value is -1.89. The molecule has 0 aromatic heterocycles. The summed E-state index contributed by atoms with van der Waals surface area (Å²) in [5.74, 6) is 0.541. The van der Waals surface area contributed by atoms with Crippen molar-refractivity contribution in [2.75, 3.05) is 5.73 Å². The second-order valence-corrected chi connectivity index (χ2v) is 5.66. The molecule has 0 saturated carbocycles. The Morgan fingerprint density at radius 1 is 1.14 bits per heavy atom. The van der Waals surface area contributed by atoms with E-state index in [-0.39, 0.29) is 6.10 Å². The van der Waals surface area contributed by atoms with Crippen LogP contribution in [0.3, 0.4) is 0 Å². The van der Waals surface area contributed by atoms with Crippen molar-refractivity contribution < 1.29 is 4.74 Å². The number of nitrogens with zero attached hydrogens (tertiary/aromatic N) is 1. The molecule has 5 heteroatoms. The number of halogens is 2. The van der Waals surface area contributed by atoms with Crippen LogP contribution >= 0.6 is 23.2 Å². The summed E-state index contributed by atoms with van der Waals surface area (Å²) < 4.78 is 5.60. The number of hydrogen-bond donors (Lipinski definition) is 1. The zero-order valence-corrected chi connectivity index (χ0v) is 13.2. The van der Waals surface area contributed by atoms with Gasteiger partial charge in [-0.2, -0.15) is 5.26 Å². The fourth-order valence-electron chi connectivity index (χ4n) is 2.00. The normalized spacial score (nSPS) is 10.5. The van der Waals surface area contributed by atoms with Gasteiger partial charge in [-0.15, -0.1) is 0 Å². The first-order chi connectivity index (χ1) is 9.92. The summed E-state index contributed by atoms with van der Waals surface area (Å²) in [4.78, 5) is 0. The van der Waals surface area contributed by atoms with Crippen LogP contribution in [0, 0.1) is 11.3 Å². The second kappa shape index (κ2) is 6.26. The Balaban J connectivity index is 2.55. The van der Waals surface area contributed by atoms with Crippen molar-refractivity contribution in [3.05, 3.63) is 45.9 Å². The van der Waals surface area contributed by atoms with Crippen LogP contribution in [0.25, 0.3) is 11.1 Å². The van der Waals surface area contributed by atoms with Gasteiger partial charge in [0.05, 0.1) is 21.7 Å². The van der Waals surface area contributed by atoms with Crippen molar-refractivity contribution in [1.82, 2.24) is 0 Å². The lowest BCUT2D eigenvalue weighted by atomic mass is 10.0. The molecule has 21 heavy (non-hydrogen) atoms. The van der Waals surface area contributed by atoms with E-state index in [0.29, 0.717) is 32.6 Å². The average molecular weight is 321 g/mol. The van der Waals surface area contributed by atoms with Crippen molar-refractivity contribution in [3.8, 4) is 22.9 Å². The van der Waals surface area contributed by atoms with Crippen LogP contribution in [0.1, 0.15) is 19.4 Å². The molecule has 0 aliphatic heterocycles. The lowest BCUT2D eigenvalue weighted by molar-refractivity contribution is 0.242. The molecule has 0 bridgehead atoms. The molecular weight excluding hydrogens is 307 g/mol. The zero-order valence-electron chi connectivity index (χ0n) is 11.7. The Morgan fingerprint density at radius 3 is 2.29 bits per heavy atom. The number of rotatable bonds is 3. The molecule has 0 saturated heterocycles. The van der Waals surface area contributed by atoms with E-state index < -0.39 is 0 Å². The molecule has 0 aliphatic rings. The maximum Gasteiger partial charge on any atom is 0.137 e. The summed E-state index contributed by atoms with van der Waals surface area (Å²) in [7, 11) is 0. The summed E-state index contributed by atoms with van der Waals surface area (Å²) in [6, 6.07) is 10.7. The molecule has 3 nitrogen and oxygen atoms in total. The molecule has 0 aliphatic carbocycles. The number of nitrogens with two attached hydrogens (primary N) is 1. The van der Waals surface area contributed by atoms with Crippen LogP contribution in [0.2, 0.25) is 10.0 Å². The third kappa shape index (κ3) is 3.41. The first-order valence-corrected chi connectivity index (χ1v) is 7.13. The van der Waals surface area contributed by atoms with E-state index in [1.807, 2.05) is 19.9 Å². The Bertz CT molecular complexity index is 698. The van der Waals surface area contributed by atoms with Crippen LogP contribution < -0.4 is 10.5 Å². The lowest BCUT2D eigenvalue weighted by Crippen LogP contribution is -2.06. The van der Waals surface area contributed by atoms with Crippen molar-refractivity contribution >= 4 is 28.9 Å². The van der Waals surface area contributed by atoms with Crippen LogP contribution in [-0.2, 0) is 0 Å². The highest BCUT2D eigenvalue weighted by atomic mass is 35.5. The van der Waals surface area contributed by atoms with Crippen molar-refractivity contribution in [2.45, 2.75) is 20.0 Å². The van der Waals surface area contributed by atoms with E-state index in [0.717, 1.165) is 5.56 Å². The molecule has 108 valence electrons. The fraction of sp³-hybridized carbons (Fsp3) is 0.188. The highest BCUT2D eigenvalue weighted by Crippen LogP contribution is 2.38. The van der Waals surface area contributed by atoms with Gasteiger partial charge in [0, 0.05) is 11.3 Å². The average Bonchev–Trinajstić information content (AvgIpc) is 2.38. The fourth-order valence-corrected chi connectivity index (χ4v) is 2.72. The molecule has 0 heterocycles. The number of hydrogen-bond acceptors (Lipinski definition) is 3. The lowest BCUT2D eigenvalue weighted by Gasteiger charge is -2.13. The van der Waals surface area contributed by atoms with Gasteiger partial charge < -0.3 is 10.5 Å². The standard InChI is InChI=1S/C16H14Cl2N2O/c1-9(2)21-15-4-3-10(5-11(15)8-19)16-13(17)6-12(20)7-14(16)18/h3-7,9H,20H2,1-2H3. The van der Waals surface area contributed by atoms with E-state index in [4.69, 9.17) is 33.7 Å². The third-order valence-electron chi connectivity index (χ3n) is 2.82. The molecule has 0 spiro atoms. The topological polar surface area (TPSA) is 59.0 Å². The number of benzene rings is 2. The van der Waals surface area contributed by atoms with Gasteiger partial charge in [0.1, 0.15) is 11.8 Å². The summed E-state index contributed by atoms with van der Waals surface area (Å²) in [6.45, 7) is 3.81. The highest BCUT2D eigenvalue weighted by molar-refractivity contribution is 6.39.